The molecule has 0 saturated heterocycles. The van der Waals surface area contributed by atoms with Gasteiger partial charge in [0.2, 0.25) is 8.32 Å². The van der Waals surface area contributed by atoms with Crippen LogP contribution < -0.4 is 15.5 Å². The number of aliphatic hydroxyl groups is 1. The fourth-order valence-electron chi connectivity index (χ4n) is 3.62. The Labute approximate surface area is 225 Å². The summed E-state index contributed by atoms with van der Waals surface area (Å²) < 4.78 is 11.6. The lowest BCUT2D eigenvalue weighted by atomic mass is 9.98. The lowest BCUT2D eigenvalue weighted by Gasteiger charge is -2.36. The summed E-state index contributed by atoms with van der Waals surface area (Å²) in [4.78, 5) is 11.4. The highest BCUT2D eigenvalue weighted by Gasteiger charge is 2.38. The van der Waals surface area contributed by atoms with E-state index in [9.17, 15) is 9.90 Å². The maximum absolute atomic E-state index is 11.4. The van der Waals surface area contributed by atoms with E-state index in [4.69, 9.17) is 26.5 Å². The van der Waals surface area contributed by atoms with Gasteiger partial charge in [0.25, 0.3) is 0 Å². The third kappa shape index (κ3) is 8.25. The number of anilines is 2. The standard InChI is InChI=1S/C29H37ClN2O4Si/c1-29(2,3)37(4,5)36-25-16-14-24(15-17-25)32-23-12-9-20(10-13-23)11-18-26(35-28(31)34)27(33)21-7-6-8-22(30)19-21/h6-10,12-17,19,26-27,32-33H,11,18H2,1-5H3,(H2,31,34)/t26?,27-/m1/s1. The third-order valence-corrected chi connectivity index (χ3v) is 11.4. The normalized spacial score (nSPS) is 13.5. The Morgan fingerprint density at radius 1 is 1.03 bits per heavy atom. The number of aliphatic hydroxyl groups excluding tert-OH is 1. The number of hydrogen-bond acceptors (Lipinski definition) is 5. The lowest BCUT2D eigenvalue weighted by Crippen LogP contribution is -2.43. The molecule has 0 spiro atoms. The van der Waals surface area contributed by atoms with Gasteiger partial charge in [-0.3, -0.25) is 0 Å². The summed E-state index contributed by atoms with van der Waals surface area (Å²) in [5, 5.41) is 14.8. The van der Waals surface area contributed by atoms with Crippen LogP contribution in [0, 0.1) is 0 Å². The van der Waals surface area contributed by atoms with Crippen molar-refractivity contribution < 1.29 is 19.1 Å². The second-order valence-electron chi connectivity index (χ2n) is 10.7. The number of halogens is 1. The topological polar surface area (TPSA) is 93.8 Å². The Morgan fingerprint density at radius 3 is 2.16 bits per heavy atom. The van der Waals surface area contributed by atoms with Crippen LogP contribution in [0.25, 0.3) is 0 Å². The number of benzene rings is 3. The fourth-order valence-corrected chi connectivity index (χ4v) is 4.85. The van der Waals surface area contributed by atoms with Crippen LogP contribution in [0.3, 0.4) is 0 Å². The van der Waals surface area contributed by atoms with E-state index in [0.717, 1.165) is 22.7 Å². The summed E-state index contributed by atoms with van der Waals surface area (Å²) in [7, 11) is -1.87. The Kier molecular flexibility index (Phi) is 9.29. The number of amides is 1. The molecule has 6 nitrogen and oxygen atoms in total. The van der Waals surface area contributed by atoms with Crippen LogP contribution in [0.5, 0.6) is 5.75 Å². The Bertz CT molecular complexity index is 1180. The number of nitrogens with one attached hydrogen (secondary N) is 1. The highest BCUT2D eigenvalue weighted by molar-refractivity contribution is 6.74. The number of rotatable bonds is 10. The molecule has 0 bridgehead atoms. The van der Waals surface area contributed by atoms with Crippen LogP contribution in [-0.2, 0) is 11.2 Å². The van der Waals surface area contributed by atoms with Gasteiger partial charge in [0, 0.05) is 16.4 Å². The van der Waals surface area contributed by atoms with Crippen LogP contribution in [0.15, 0.2) is 72.8 Å². The molecule has 1 amide bonds. The number of primary amides is 1. The van der Waals surface area contributed by atoms with E-state index in [1.165, 1.54) is 0 Å². The minimum Gasteiger partial charge on any atom is -0.544 e. The molecule has 0 aliphatic rings. The number of hydrogen-bond donors (Lipinski definition) is 3. The first kappa shape index (κ1) is 28.6. The van der Waals surface area contributed by atoms with E-state index in [-0.39, 0.29) is 5.04 Å². The average Bonchev–Trinajstić information content (AvgIpc) is 2.82. The molecule has 0 radical (unpaired) electrons. The molecule has 8 heteroatoms. The van der Waals surface area contributed by atoms with Crippen molar-refractivity contribution in [2.24, 2.45) is 5.73 Å². The smallest absolute Gasteiger partial charge is 0.404 e. The second kappa shape index (κ2) is 12.0. The molecular weight excluding hydrogens is 504 g/mol. The predicted molar refractivity (Wildman–Crippen MR) is 153 cm³/mol. The summed E-state index contributed by atoms with van der Waals surface area (Å²) in [6, 6.07) is 22.9. The van der Waals surface area contributed by atoms with Crippen molar-refractivity contribution in [1.82, 2.24) is 0 Å². The van der Waals surface area contributed by atoms with E-state index in [1.807, 2.05) is 48.5 Å². The molecule has 198 valence electrons. The van der Waals surface area contributed by atoms with E-state index in [2.05, 4.69) is 39.2 Å². The Balaban J connectivity index is 1.59. The molecule has 0 aliphatic heterocycles. The first-order valence-corrected chi connectivity index (χ1v) is 15.7. The lowest BCUT2D eigenvalue weighted by molar-refractivity contribution is 0.000959. The summed E-state index contributed by atoms with van der Waals surface area (Å²) >= 11 is 6.04. The van der Waals surface area contributed by atoms with E-state index >= 15 is 0 Å². The van der Waals surface area contributed by atoms with E-state index in [1.54, 1.807) is 24.3 Å². The molecule has 0 fully saturated rings. The summed E-state index contributed by atoms with van der Waals surface area (Å²) in [5.74, 6) is 0.889. The quantitative estimate of drug-likeness (QED) is 0.230. The van der Waals surface area contributed by atoms with E-state index < -0.39 is 26.6 Å². The average molecular weight is 541 g/mol. The molecule has 0 aliphatic carbocycles. The van der Waals surface area contributed by atoms with Gasteiger partial charge in [-0.05, 0) is 90.6 Å². The zero-order chi connectivity index (χ0) is 27.2. The monoisotopic (exact) mass is 540 g/mol. The maximum Gasteiger partial charge on any atom is 0.404 e. The fraction of sp³-hybridized carbons (Fsp3) is 0.345. The van der Waals surface area contributed by atoms with Crippen LogP contribution in [0.2, 0.25) is 23.2 Å². The van der Waals surface area contributed by atoms with E-state index in [0.29, 0.717) is 23.4 Å². The number of carbonyl (C=O) groups excluding carboxylic acids is 1. The summed E-state index contributed by atoms with van der Waals surface area (Å²) in [6.07, 6.45) is -1.75. The van der Waals surface area contributed by atoms with Crippen molar-refractivity contribution in [1.29, 1.82) is 0 Å². The van der Waals surface area contributed by atoms with Gasteiger partial charge in [0.1, 0.15) is 18.0 Å². The van der Waals surface area contributed by atoms with Gasteiger partial charge in [-0.15, -0.1) is 0 Å². The Morgan fingerprint density at radius 2 is 1.62 bits per heavy atom. The van der Waals surface area contributed by atoms with Gasteiger partial charge < -0.3 is 25.3 Å². The van der Waals surface area contributed by atoms with Crippen molar-refractivity contribution in [3.8, 4) is 5.75 Å². The maximum atomic E-state index is 11.4. The second-order valence-corrected chi connectivity index (χ2v) is 15.9. The molecule has 0 saturated carbocycles. The number of nitrogens with two attached hydrogens (primary N) is 1. The number of ether oxygens (including phenoxy) is 1. The molecule has 3 rings (SSSR count). The van der Waals surface area contributed by atoms with Crippen molar-refractivity contribution in [2.45, 2.75) is 64.0 Å². The SMILES string of the molecule is CC(C)(C)[Si](C)(C)Oc1ccc(Nc2ccc(CCC(OC(N)=O)[C@H](O)c3cccc(Cl)c3)cc2)cc1. The van der Waals surface area contributed by atoms with Crippen molar-refractivity contribution in [3.63, 3.8) is 0 Å². The largest absolute Gasteiger partial charge is 0.544 e. The first-order chi connectivity index (χ1) is 17.3. The molecule has 0 heterocycles. The molecule has 2 atom stereocenters. The number of carbonyl (C=O) groups is 1. The molecule has 3 aromatic carbocycles. The van der Waals surface area contributed by atoms with Gasteiger partial charge in [0.05, 0.1) is 0 Å². The summed E-state index contributed by atoms with van der Waals surface area (Å²) in [6.45, 7) is 11.2. The Hall–Kier alpha value is -3.00. The molecule has 1 unspecified atom stereocenters. The van der Waals surface area contributed by atoms with Crippen LogP contribution in [-0.4, -0.2) is 25.6 Å². The molecule has 4 N–H and O–H groups in total. The zero-order valence-electron chi connectivity index (χ0n) is 22.1. The molecular formula is C29H37ClN2O4Si. The van der Waals surface area contributed by atoms with Gasteiger partial charge >= 0.3 is 6.09 Å². The number of aryl methyl sites for hydroxylation is 1. The van der Waals surface area contributed by atoms with Gasteiger partial charge in [-0.1, -0.05) is 56.6 Å². The highest BCUT2D eigenvalue weighted by Crippen LogP contribution is 2.37. The minimum atomic E-state index is -1.87. The van der Waals surface area contributed by atoms with Crippen molar-refractivity contribution in [2.75, 3.05) is 5.32 Å². The van der Waals surface area contributed by atoms with Gasteiger partial charge in [0.15, 0.2) is 0 Å². The summed E-state index contributed by atoms with van der Waals surface area (Å²) in [5.41, 5.74) is 8.77. The highest BCUT2D eigenvalue weighted by atomic mass is 35.5. The van der Waals surface area contributed by atoms with Crippen LogP contribution in [0.1, 0.15) is 44.4 Å². The van der Waals surface area contributed by atoms with Crippen molar-refractivity contribution >= 4 is 37.4 Å². The third-order valence-electron chi connectivity index (χ3n) is 6.80. The van der Waals surface area contributed by atoms with Gasteiger partial charge in [-0.25, -0.2) is 4.79 Å². The van der Waals surface area contributed by atoms with Crippen LogP contribution in [0.4, 0.5) is 16.2 Å². The first-order valence-electron chi connectivity index (χ1n) is 12.4. The van der Waals surface area contributed by atoms with Crippen molar-refractivity contribution in [3.05, 3.63) is 88.9 Å². The molecule has 3 aromatic rings. The minimum absolute atomic E-state index is 0.144. The predicted octanol–water partition coefficient (Wildman–Crippen LogP) is 7.60. The molecule has 37 heavy (non-hydrogen) atoms. The zero-order valence-corrected chi connectivity index (χ0v) is 23.9. The van der Waals surface area contributed by atoms with Crippen LogP contribution >= 0.6 is 11.6 Å². The molecule has 0 aromatic heterocycles. The van der Waals surface area contributed by atoms with Gasteiger partial charge in [-0.2, -0.15) is 0 Å².